The molecule has 19 heavy (non-hydrogen) atoms. The van der Waals surface area contributed by atoms with Crippen LogP contribution in [-0.2, 0) is 4.79 Å². The minimum Gasteiger partial charge on any atom is -0.323 e. The normalized spacial score (nSPS) is 21.2. The molecule has 3 rings (SSSR count). The summed E-state index contributed by atoms with van der Waals surface area (Å²) in [5.74, 6) is 0.173. The average Bonchev–Trinajstić information content (AvgIpc) is 2.97. The van der Waals surface area contributed by atoms with Gasteiger partial charge in [0.05, 0.1) is 0 Å². The van der Waals surface area contributed by atoms with E-state index in [-0.39, 0.29) is 11.9 Å². The van der Waals surface area contributed by atoms with E-state index in [4.69, 9.17) is 0 Å². The van der Waals surface area contributed by atoms with Crippen LogP contribution in [0.4, 0.5) is 10.6 Å². The van der Waals surface area contributed by atoms with Gasteiger partial charge in [-0.3, -0.25) is 4.79 Å². The monoisotopic (exact) mass is 278 g/mol. The van der Waals surface area contributed by atoms with Crippen molar-refractivity contribution in [2.45, 2.75) is 36.4 Å². The molecular formula is C12H14N4O2S. The number of nitrogens with one attached hydrogen (secondary N) is 1. The summed E-state index contributed by atoms with van der Waals surface area (Å²) in [7, 11) is 0. The van der Waals surface area contributed by atoms with Crippen molar-refractivity contribution in [1.29, 1.82) is 0 Å². The fraction of sp³-hybridized carbons (Fsp3) is 0.500. The zero-order valence-corrected chi connectivity index (χ0v) is 11.4. The highest BCUT2D eigenvalue weighted by Gasteiger charge is 2.53. The smallest absolute Gasteiger partial charge is 0.323 e. The fourth-order valence-corrected chi connectivity index (χ4v) is 3.05. The van der Waals surface area contributed by atoms with E-state index in [1.54, 1.807) is 12.3 Å². The van der Waals surface area contributed by atoms with E-state index in [0.29, 0.717) is 23.8 Å². The van der Waals surface area contributed by atoms with Crippen LogP contribution in [0.3, 0.4) is 0 Å². The SMILES string of the molecule is CSc1nccc(N2C(=O)NC3(CCCC3)C2=O)n1. The molecule has 1 saturated heterocycles. The van der Waals surface area contributed by atoms with E-state index in [1.165, 1.54) is 11.8 Å². The maximum atomic E-state index is 12.5. The Balaban J connectivity index is 1.96. The molecule has 1 spiro atoms. The summed E-state index contributed by atoms with van der Waals surface area (Å²) in [4.78, 5) is 34.0. The number of thioether (sulfide) groups is 1. The van der Waals surface area contributed by atoms with Crippen LogP contribution in [0.2, 0.25) is 0 Å². The number of carbonyl (C=O) groups excluding carboxylic acids is 2. The maximum Gasteiger partial charge on any atom is 0.330 e. The Morgan fingerprint density at radius 2 is 2.11 bits per heavy atom. The Hall–Kier alpha value is -1.63. The number of carbonyl (C=O) groups is 2. The lowest BCUT2D eigenvalue weighted by atomic mass is 9.98. The van der Waals surface area contributed by atoms with E-state index < -0.39 is 5.54 Å². The van der Waals surface area contributed by atoms with Gasteiger partial charge in [0, 0.05) is 12.3 Å². The van der Waals surface area contributed by atoms with Gasteiger partial charge in [-0.1, -0.05) is 24.6 Å². The number of anilines is 1. The van der Waals surface area contributed by atoms with Gasteiger partial charge in [0.15, 0.2) is 5.16 Å². The summed E-state index contributed by atoms with van der Waals surface area (Å²) >= 11 is 1.38. The Kier molecular flexibility index (Phi) is 2.93. The van der Waals surface area contributed by atoms with Crippen molar-refractivity contribution < 1.29 is 9.59 Å². The number of amides is 3. The Labute approximate surface area is 115 Å². The highest BCUT2D eigenvalue weighted by atomic mass is 32.2. The molecule has 1 aliphatic carbocycles. The topological polar surface area (TPSA) is 75.2 Å². The molecule has 1 aliphatic heterocycles. The second-order valence-corrected chi connectivity index (χ2v) is 5.53. The maximum absolute atomic E-state index is 12.5. The van der Waals surface area contributed by atoms with Crippen LogP contribution >= 0.6 is 11.8 Å². The minimum absolute atomic E-state index is 0.180. The van der Waals surface area contributed by atoms with Crippen LogP contribution in [0, 0.1) is 0 Å². The van der Waals surface area contributed by atoms with Crippen molar-refractivity contribution in [2.75, 3.05) is 11.2 Å². The Morgan fingerprint density at radius 1 is 1.37 bits per heavy atom. The summed E-state index contributed by atoms with van der Waals surface area (Å²) in [5, 5.41) is 3.38. The number of hydrogen-bond donors (Lipinski definition) is 1. The third-order valence-electron chi connectivity index (χ3n) is 3.65. The van der Waals surface area contributed by atoms with E-state index >= 15 is 0 Å². The first-order valence-electron chi connectivity index (χ1n) is 6.20. The molecule has 1 N–H and O–H groups in total. The molecule has 3 amide bonds. The van der Waals surface area contributed by atoms with Crippen LogP contribution < -0.4 is 10.2 Å². The summed E-state index contributed by atoms with van der Waals surface area (Å²) < 4.78 is 0. The van der Waals surface area contributed by atoms with Crippen LogP contribution in [-0.4, -0.2) is 33.7 Å². The molecule has 0 bridgehead atoms. The van der Waals surface area contributed by atoms with Gasteiger partial charge in [0.2, 0.25) is 0 Å². The van der Waals surface area contributed by atoms with E-state index in [0.717, 1.165) is 17.7 Å². The second kappa shape index (κ2) is 4.48. The highest BCUT2D eigenvalue weighted by Crippen LogP contribution is 2.36. The quantitative estimate of drug-likeness (QED) is 0.505. The summed E-state index contributed by atoms with van der Waals surface area (Å²) in [6, 6.07) is 1.21. The lowest BCUT2D eigenvalue weighted by Crippen LogP contribution is -2.44. The van der Waals surface area contributed by atoms with Crippen molar-refractivity contribution >= 4 is 29.5 Å². The summed E-state index contributed by atoms with van der Waals surface area (Å²) in [6.07, 6.45) is 6.79. The minimum atomic E-state index is -0.693. The molecule has 2 heterocycles. The van der Waals surface area contributed by atoms with Crippen LogP contribution in [0.5, 0.6) is 0 Å². The molecule has 2 aliphatic rings. The van der Waals surface area contributed by atoms with Crippen LogP contribution in [0.15, 0.2) is 17.4 Å². The average molecular weight is 278 g/mol. The molecule has 1 aromatic rings. The van der Waals surface area contributed by atoms with E-state index in [2.05, 4.69) is 15.3 Å². The van der Waals surface area contributed by atoms with Gasteiger partial charge in [0.1, 0.15) is 11.4 Å². The second-order valence-electron chi connectivity index (χ2n) is 4.76. The fourth-order valence-electron chi connectivity index (χ4n) is 2.70. The third-order valence-corrected chi connectivity index (χ3v) is 4.21. The molecule has 1 saturated carbocycles. The zero-order chi connectivity index (χ0) is 13.5. The Bertz CT molecular complexity index is 542. The van der Waals surface area contributed by atoms with Crippen molar-refractivity contribution in [2.24, 2.45) is 0 Å². The number of hydrogen-bond acceptors (Lipinski definition) is 5. The molecule has 100 valence electrons. The standard InChI is InChI=1S/C12H14N4O2S/c1-19-10-13-7-4-8(14-10)16-9(17)12(15-11(16)18)5-2-3-6-12/h4,7H,2-3,5-6H2,1H3,(H,15,18). The third kappa shape index (κ3) is 1.88. The molecule has 2 fully saturated rings. The molecule has 1 aromatic heterocycles. The molecule has 0 atom stereocenters. The number of aromatic nitrogens is 2. The van der Waals surface area contributed by atoms with Gasteiger partial charge in [0.25, 0.3) is 5.91 Å². The molecule has 0 aromatic carbocycles. The largest absolute Gasteiger partial charge is 0.330 e. The lowest BCUT2D eigenvalue weighted by molar-refractivity contribution is -0.121. The predicted octanol–water partition coefficient (Wildman–Crippen LogP) is 1.57. The predicted molar refractivity (Wildman–Crippen MR) is 71.0 cm³/mol. The molecule has 7 heteroatoms. The van der Waals surface area contributed by atoms with Crippen molar-refractivity contribution in [3.05, 3.63) is 12.3 Å². The molecule has 0 radical (unpaired) electrons. The van der Waals surface area contributed by atoms with Gasteiger partial charge < -0.3 is 5.32 Å². The van der Waals surface area contributed by atoms with Crippen molar-refractivity contribution in [3.63, 3.8) is 0 Å². The summed E-state index contributed by atoms with van der Waals surface area (Å²) in [5.41, 5.74) is -0.693. The number of imide groups is 1. The van der Waals surface area contributed by atoms with Gasteiger partial charge in [-0.25, -0.2) is 19.7 Å². The van der Waals surface area contributed by atoms with Gasteiger partial charge in [-0.15, -0.1) is 0 Å². The van der Waals surface area contributed by atoms with E-state index in [1.807, 2.05) is 6.26 Å². The molecule has 0 unspecified atom stereocenters. The first-order chi connectivity index (χ1) is 9.16. The molecular weight excluding hydrogens is 264 g/mol. The number of nitrogens with zero attached hydrogens (tertiary/aromatic N) is 3. The highest BCUT2D eigenvalue weighted by molar-refractivity contribution is 7.98. The lowest BCUT2D eigenvalue weighted by Gasteiger charge is -2.19. The van der Waals surface area contributed by atoms with Crippen LogP contribution in [0.1, 0.15) is 25.7 Å². The number of urea groups is 1. The summed E-state index contributed by atoms with van der Waals surface area (Å²) in [6.45, 7) is 0. The van der Waals surface area contributed by atoms with Gasteiger partial charge in [-0.2, -0.15) is 0 Å². The van der Waals surface area contributed by atoms with Crippen LogP contribution in [0.25, 0.3) is 0 Å². The Morgan fingerprint density at radius 3 is 2.79 bits per heavy atom. The van der Waals surface area contributed by atoms with Gasteiger partial charge in [-0.05, 0) is 19.1 Å². The number of rotatable bonds is 2. The first-order valence-corrected chi connectivity index (χ1v) is 7.42. The molecule has 6 nitrogen and oxygen atoms in total. The van der Waals surface area contributed by atoms with Crippen molar-refractivity contribution in [1.82, 2.24) is 15.3 Å². The van der Waals surface area contributed by atoms with E-state index in [9.17, 15) is 9.59 Å². The van der Waals surface area contributed by atoms with Crippen molar-refractivity contribution in [3.8, 4) is 0 Å². The zero-order valence-electron chi connectivity index (χ0n) is 10.5. The first kappa shape index (κ1) is 12.4. The van der Waals surface area contributed by atoms with Gasteiger partial charge >= 0.3 is 6.03 Å².